The summed E-state index contributed by atoms with van der Waals surface area (Å²) >= 11 is 7.27. The molecule has 0 saturated heterocycles. The van der Waals surface area contributed by atoms with E-state index in [0.717, 1.165) is 0 Å². The molecular formula is C18H16ClN3O2S. The number of halogens is 1. The summed E-state index contributed by atoms with van der Waals surface area (Å²) in [5.74, 6) is -0.0705. The van der Waals surface area contributed by atoms with Gasteiger partial charge < -0.3 is 5.32 Å². The fraction of sp³-hybridized carbons (Fsp3) is 0.167. The van der Waals surface area contributed by atoms with Crippen molar-refractivity contribution in [1.29, 1.82) is 0 Å². The van der Waals surface area contributed by atoms with Crippen molar-refractivity contribution in [2.24, 2.45) is 0 Å². The van der Waals surface area contributed by atoms with Crippen molar-refractivity contribution in [3.63, 3.8) is 0 Å². The molecular weight excluding hydrogens is 358 g/mol. The monoisotopic (exact) mass is 373 g/mol. The standard InChI is InChI=1S/C18H16ClN3O2S/c1-2-22-17(24)12-7-3-5-9-14(12)21-18(22)25-11-16(23)20-15-10-6-4-8-13(15)19/h3-10H,2,11H2,1H3,(H,20,23). The topological polar surface area (TPSA) is 64.0 Å². The van der Waals surface area contributed by atoms with Gasteiger partial charge in [0.1, 0.15) is 0 Å². The molecule has 7 heteroatoms. The van der Waals surface area contributed by atoms with Crippen molar-refractivity contribution in [1.82, 2.24) is 9.55 Å². The zero-order valence-corrected chi connectivity index (χ0v) is 15.1. The Balaban J connectivity index is 1.80. The summed E-state index contributed by atoms with van der Waals surface area (Å²) in [7, 11) is 0. The molecule has 0 saturated carbocycles. The zero-order chi connectivity index (χ0) is 17.8. The number of nitrogens with one attached hydrogen (secondary N) is 1. The van der Waals surface area contributed by atoms with Gasteiger partial charge in [-0.3, -0.25) is 14.2 Å². The van der Waals surface area contributed by atoms with Crippen LogP contribution in [0.5, 0.6) is 0 Å². The van der Waals surface area contributed by atoms with Crippen LogP contribution in [-0.4, -0.2) is 21.2 Å². The second-order valence-corrected chi connectivity index (χ2v) is 6.63. The van der Waals surface area contributed by atoms with Crippen LogP contribution >= 0.6 is 23.4 Å². The van der Waals surface area contributed by atoms with E-state index in [1.54, 1.807) is 41.0 Å². The molecule has 0 aliphatic rings. The number of fused-ring (bicyclic) bond motifs is 1. The zero-order valence-electron chi connectivity index (χ0n) is 13.5. The first kappa shape index (κ1) is 17.5. The average Bonchev–Trinajstić information content (AvgIpc) is 2.62. The molecule has 2 aromatic carbocycles. The number of amides is 1. The number of nitrogens with zero attached hydrogens (tertiary/aromatic N) is 2. The minimum Gasteiger partial charge on any atom is -0.324 e. The highest BCUT2D eigenvalue weighted by Crippen LogP contribution is 2.22. The van der Waals surface area contributed by atoms with Crippen LogP contribution in [0.3, 0.4) is 0 Å². The Kier molecular flexibility index (Phi) is 5.40. The van der Waals surface area contributed by atoms with Gasteiger partial charge in [0.15, 0.2) is 5.16 Å². The van der Waals surface area contributed by atoms with E-state index in [-0.39, 0.29) is 17.2 Å². The van der Waals surface area contributed by atoms with Crippen LogP contribution in [0, 0.1) is 0 Å². The molecule has 0 radical (unpaired) electrons. The van der Waals surface area contributed by atoms with Gasteiger partial charge in [-0.1, -0.05) is 47.6 Å². The van der Waals surface area contributed by atoms with Crippen molar-refractivity contribution in [2.75, 3.05) is 11.1 Å². The molecule has 1 N–H and O–H groups in total. The molecule has 0 aliphatic heterocycles. The number of para-hydroxylation sites is 2. The number of hydrogen-bond donors (Lipinski definition) is 1. The van der Waals surface area contributed by atoms with Crippen molar-refractivity contribution < 1.29 is 4.79 Å². The first-order valence-corrected chi connectivity index (χ1v) is 9.13. The van der Waals surface area contributed by atoms with E-state index < -0.39 is 0 Å². The molecule has 3 aromatic rings. The lowest BCUT2D eigenvalue weighted by Gasteiger charge is -2.11. The maximum absolute atomic E-state index is 12.6. The molecule has 0 bridgehead atoms. The Bertz CT molecular complexity index is 987. The van der Waals surface area contributed by atoms with Crippen molar-refractivity contribution in [3.05, 3.63) is 63.9 Å². The second-order valence-electron chi connectivity index (χ2n) is 5.28. The van der Waals surface area contributed by atoms with Gasteiger partial charge in [-0.05, 0) is 31.2 Å². The summed E-state index contributed by atoms with van der Waals surface area (Å²) in [6, 6.07) is 14.3. The van der Waals surface area contributed by atoms with Gasteiger partial charge >= 0.3 is 0 Å². The molecule has 3 rings (SSSR count). The van der Waals surface area contributed by atoms with Crippen molar-refractivity contribution >= 4 is 45.9 Å². The number of rotatable bonds is 5. The lowest BCUT2D eigenvalue weighted by Crippen LogP contribution is -2.23. The lowest BCUT2D eigenvalue weighted by atomic mass is 10.2. The molecule has 5 nitrogen and oxygen atoms in total. The van der Waals surface area contributed by atoms with Gasteiger partial charge in [0.2, 0.25) is 5.91 Å². The minimum absolute atomic E-state index is 0.0953. The number of benzene rings is 2. The van der Waals surface area contributed by atoms with Crippen LogP contribution in [0.15, 0.2) is 58.5 Å². The fourth-order valence-corrected chi connectivity index (χ4v) is 3.46. The van der Waals surface area contributed by atoms with Gasteiger partial charge in [-0.25, -0.2) is 4.98 Å². The van der Waals surface area contributed by atoms with Gasteiger partial charge in [0.05, 0.1) is 27.4 Å². The number of thioether (sulfide) groups is 1. The summed E-state index contributed by atoms with van der Waals surface area (Å²) in [5, 5.41) is 4.35. The van der Waals surface area contributed by atoms with Gasteiger partial charge in [-0.15, -0.1) is 0 Å². The third-order valence-corrected chi connectivity index (χ3v) is 4.93. The fourth-order valence-electron chi connectivity index (χ4n) is 2.42. The number of carbonyl (C=O) groups is 1. The van der Waals surface area contributed by atoms with E-state index in [4.69, 9.17) is 11.6 Å². The Labute approximate surface area is 154 Å². The largest absolute Gasteiger partial charge is 0.324 e. The van der Waals surface area contributed by atoms with E-state index in [2.05, 4.69) is 10.3 Å². The van der Waals surface area contributed by atoms with Crippen LogP contribution in [0.2, 0.25) is 5.02 Å². The second kappa shape index (κ2) is 7.72. The molecule has 128 valence electrons. The summed E-state index contributed by atoms with van der Waals surface area (Å²) in [5.41, 5.74) is 1.10. The Morgan fingerprint density at radius 2 is 1.92 bits per heavy atom. The van der Waals surface area contributed by atoms with E-state index in [1.807, 2.05) is 19.1 Å². The van der Waals surface area contributed by atoms with Gasteiger partial charge in [-0.2, -0.15) is 0 Å². The van der Waals surface area contributed by atoms with Gasteiger partial charge in [0.25, 0.3) is 5.56 Å². The van der Waals surface area contributed by atoms with E-state index in [1.165, 1.54) is 11.8 Å². The lowest BCUT2D eigenvalue weighted by molar-refractivity contribution is -0.113. The third-order valence-electron chi connectivity index (χ3n) is 3.62. The van der Waals surface area contributed by atoms with Crippen LogP contribution in [0.4, 0.5) is 5.69 Å². The highest BCUT2D eigenvalue weighted by Gasteiger charge is 2.12. The first-order chi connectivity index (χ1) is 12.1. The van der Waals surface area contributed by atoms with Crippen LogP contribution in [0.25, 0.3) is 10.9 Å². The SMILES string of the molecule is CCn1c(SCC(=O)Nc2ccccc2Cl)nc2ccccc2c1=O. The quantitative estimate of drug-likeness (QED) is 0.545. The van der Waals surface area contributed by atoms with E-state index in [9.17, 15) is 9.59 Å². The molecule has 1 aromatic heterocycles. The molecule has 0 atom stereocenters. The molecule has 0 fully saturated rings. The number of aromatic nitrogens is 2. The highest BCUT2D eigenvalue weighted by atomic mass is 35.5. The minimum atomic E-state index is -0.205. The summed E-state index contributed by atoms with van der Waals surface area (Å²) in [4.78, 5) is 29.3. The predicted molar refractivity (Wildman–Crippen MR) is 102 cm³/mol. The first-order valence-electron chi connectivity index (χ1n) is 7.77. The van der Waals surface area contributed by atoms with Gasteiger partial charge in [0, 0.05) is 6.54 Å². The number of anilines is 1. The number of hydrogen-bond acceptors (Lipinski definition) is 4. The average molecular weight is 374 g/mol. The van der Waals surface area contributed by atoms with Crippen molar-refractivity contribution in [2.45, 2.75) is 18.6 Å². The van der Waals surface area contributed by atoms with Crippen LogP contribution in [0.1, 0.15) is 6.92 Å². The van der Waals surface area contributed by atoms with Crippen LogP contribution in [-0.2, 0) is 11.3 Å². The predicted octanol–water partition coefficient (Wildman–Crippen LogP) is 3.80. The molecule has 25 heavy (non-hydrogen) atoms. The Morgan fingerprint density at radius 3 is 2.68 bits per heavy atom. The Morgan fingerprint density at radius 1 is 1.20 bits per heavy atom. The molecule has 1 amide bonds. The maximum atomic E-state index is 12.6. The summed E-state index contributed by atoms with van der Waals surface area (Å²) in [6.45, 7) is 2.37. The summed E-state index contributed by atoms with van der Waals surface area (Å²) < 4.78 is 1.58. The molecule has 0 aliphatic carbocycles. The molecule has 1 heterocycles. The van der Waals surface area contributed by atoms with E-state index in [0.29, 0.717) is 33.3 Å². The summed E-state index contributed by atoms with van der Waals surface area (Å²) in [6.07, 6.45) is 0. The van der Waals surface area contributed by atoms with Crippen molar-refractivity contribution in [3.8, 4) is 0 Å². The third kappa shape index (κ3) is 3.86. The highest BCUT2D eigenvalue weighted by molar-refractivity contribution is 7.99. The smallest absolute Gasteiger partial charge is 0.262 e. The van der Waals surface area contributed by atoms with E-state index >= 15 is 0 Å². The molecule has 0 spiro atoms. The molecule has 0 unspecified atom stereocenters. The Hall–Kier alpha value is -2.31. The maximum Gasteiger partial charge on any atom is 0.262 e. The van der Waals surface area contributed by atoms with Crippen LogP contribution < -0.4 is 10.9 Å². The number of carbonyl (C=O) groups excluding carboxylic acids is 1. The normalized spacial score (nSPS) is 10.8.